The minimum Gasteiger partial charge on any atom is -0.506 e. The van der Waals surface area contributed by atoms with E-state index in [-0.39, 0.29) is 36.5 Å². The highest BCUT2D eigenvalue weighted by atomic mass is 79.9. The summed E-state index contributed by atoms with van der Waals surface area (Å²) in [5, 5.41) is 12.9. The van der Waals surface area contributed by atoms with Crippen molar-refractivity contribution in [2.45, 2.75) is 32.1 Å². The van der Waals surface area contributed by atoms with E-state index in [1.807, 2.05) is 0 Å². The van der Waals surface area contributed by atoms with Crippen LogP contribution in [0.4, 0.5) is 5.69 Å². The van der Waals surface area contributed by atoms with Crippen molar-refractivity contribution in [2.24, 2.45) is 0 Å². The smallest absolute Gasteiger partial charge is 0.305 e. The lowest BCUT2D eigenvalue weighted by Crippen LogP contribution is -2.43. The predicted molar refractivity (Wildman–Crippen MR) is 95.4 cm³/mol. The summed E-state index contributed by atoms with van der Waals surface area (Å²) in [6.45, 7) is 3.63. The molecule has 1 aromatic carbocycles. The van der Waals surface area contributed by atoms with Gasteiger partial charge < -0.3 is 15.2 Å². The van der Waals surface area contributed by atoms with Gasteiger partial charge in [-0.15, -0.1) is 0 Å². The first kappa shape index (κ1) is 19.2. The molecule has 0 aromatic heterocycles. The summed E-state index contributed by atoms with van der Waals surface area (Å²) in [7, 11) is 1.31. The highest BCUT2D eigenvalue weighted by Crippen LogP contribution is 2.47. The molecule has 0 bridgehead atoms. The van der Waals surface area contributed by atoms with Crippen LogP contribution in [0.5, 0.6) is 5.75 Å². The minimum absolute atomic E-state index is 0.0539. The standard InChI is InChI=1S/C17H21BrN2O5/c1-17(2)11-7-10(18)8-12(21)15(11)20(16(17)24)9-13(22)19-6-4-5-14(23)25-3/h7-8,21H,4-6,9H2,1-3H3,(H,19,22). The van der Waals surface area contributed by atoms with Crippen LogP contribution in [0.3, 0.4) is 0 Å². The predicted octanol–water partition coefficient (Wildman–Crippen LogP) is 1.85. The molecule has 2 amide bonds. The lowest BCUT2D eigenvalue weighted by molar-refractivity contribution is -0.140. The van der Waals surface area contributed by atoms with Crippen molar-refractivity contribution in [2.75, 3.05) is 25.1 Å². The molecule has 136 valence electrons. The van der Waals surface area contributed by atoms with Gasteiger partial charge in [-0.1, -0.05) is 15.9 Å². The third kappa shape index (κ3) is 3.95. The molecule has 2 N–H and O–H groups in total. The van der Waals surface area contributed by atoms with Crippen molar-refractivity contribution in [3.05, 3.63) is 22.2 Å². The fourth-order valence-electron chi connectivity index (χ4n) is 2.81. The number of nitrogens with one attached hydrogen (secondary N) is 1. The first-order valence-corrected chi connectivity index (χ1v) is 8.66. The van der Waals surface area contributed by atoms with E-state index in [4.69, 9.17) is 0 Å². The van der Waals surface area contributed by atoms with Crippen LogP contribution in [-0.2, 0) is 24.5 Å². The number of phenols is 1. The molecule has 2 rings (SSSR count). The zero-order valence-corrected chi connectivity index (χ0v) is 16.0. The molecule has 0 fully saturated rings. The number of aromatic hydroxyl groups is 1. The number of hydrogen-bond acceptors (Lipinski definition) is 5. The van der Waals surface area contributed by atoms with E-state index in [1.165, 1.54) is 18.1 Å². The van der Waals surface area contributed by atoms with Gasteiger partial charge in [-0.25, -0.2) is 0 Å². The molecule has 1 aliphatic heterocycles. The Morgan fingerprint density at radius 1 is 1.36 bits per heavy atom. The van der Waals surface area contributed by atoms with Crippen LogP contribution in [0.2, 0.25) is 0 Å². The molecule has 25 heavy (non-hydrogen) atoms. The summed E-state index contributed by atoms with van der Waals surface area (Å²) >= 11 is 3.31. The van der Waals surface area contributed by atoms with Crippen LogP contribution in [0, 0.1) is 0 Å². The number of esters is 1. The Morgan fingerprint density at radius 2 is 2.04 bits per heavy atom. The van der Waals surface area contributed by atoms with Crippen molar-refractivity contribution < 1.29 is 24.2 Å². The molecule has 1 aliphatic rings. The van der Waals surface area contributed by atoms with Gasteiger partial charge in [0.05, 0.1) is 18.2 Å². The average Bonchev–Trinajstić information content (AvgIpc) is 2.72. The lowest BCUT2D eigenvalue weighted by atomic mass is 9.86. The van der Waals surface area contributed by atoms with E-state index < -0.39 is 5.41 Å². The fourth-order valence-corrected chi connectivity index (χ4v) is 3.26. The molecular weight excluding hydrogens is 392 g/mol. The minimum atomic E-state index is -0.832. The van der Waals surface area contributed by atoms with Crippen molar-refractivity contribution in [1.82, 2.24) is 5.32 Å². The summed E-state index contributed by atoms with van der Waals surface area (Å²) in [5.41, 5.74) is 0.202. The van der Waals surface area contributed by atoms with E-state index in [1.54, 1.807) is 19.9 Å². The SMILES string of the molecule is COC(=O)CCCNC(=O)CN1C(=O)C(C)(C)c2cc(Br)cc(O)c21. The maximum atomic E-state index is 12.7. The number of carbonyl (C=O) groups excluding carboxylic acids is 3. The molecule has 0 spiro atoms. The Labute approximate surface area is 154 Å². The number of methoxy groups -OCH3 is 1. The van der Waals surface area contributed by atoms with Crippen LogP contribution >= 0.6 is 15.9 Å². The van der Waals surface area contributed by atoms with Gasteiger partial charge >= 0.3 is 5.97 Å². The monoisotopic (exact) mass is 412 g/mol. The Bertz CT molecular complexity index is 717. The number of carbonyl (C=O) groups is 3. The van der Waals surface area contributed by atoms with Crippen LogP contribution < -0.4 is 10.2 Å². The molecular formula is C17H21BrN2O5. The number of amides is 2. The average molecular weight is 413 g/mol. The second kappa shape index (κ2) is 7.43. The van der Waals surface area contributed by atoms with Crippen molar-refractivity contribution in [3.8, 4) is 5.75 Å². The lowest BCUT2D eigenvalue weighted by Gasteiger charge is -2.20. The first-order valence-electron chi connectivity index (χ1n) is 7.87. The zero-order valence-electron chi connectivity index (χ0n) is 14.4. The van der Waals surface area contributed by atoms with E-state index >= 15 is 0 Å². The van der Waals surface area contributed by atoms with Crippen LogP contribution in [0.25, 0.3) is 0 Å². The molecule has 0 atom stereocenters. The first-order chi connectivity index (χ1) is 11.7. The maximum absolute atomic E-state index is 12.7. The largest absolute Gasteiger partial charge is 0.506 e. The van der Waals surface area contributed by atoms with Gasteiger partial charge in [0.1, 0.15) is 12.3 Å². The molecule has 1 heterocycles. The fraction of sp³-hybridized carbons (Fsp3) is 0.471. The Morgan fingerprint density at radius 3 is 2.68 bits per heavy atom. The van der Waals surface area contributed by atoms with E-state index in [0.717, 1.165) is 0 Å². The van der Waals surface area contributed by atoms with Crippen molar-refractivity contribution in [3.63, 3.8) is 0 Å². The molecule has 0 radical (unpaired) electrons. The summed E-state index contributed by atoms with van der Waals surface area (Å²) in [6, 6.07) is 3.27. The Hall–Kier alpha value is -2.09. The second-order valence-corrected chi connectivity index (χ2v) is 7.28. The molecule has 0 saturated heterocycles. The number of benzene rings is 1. The van der Waals surface area contributed by atoms with Gasteiger partial charge in [-0.05, 0) is 38.0 Å². The highest BCUT2D eigenvalue weighted by molar-refractivity contribution is 9.10. The number of hydrogen-bond donors (Lipinski definition) is 2. The molecule has 0 aliphatic carbocycles. The van der Waals surface area contributed by atoms with Crippen molar-refractivity contribution in [1.29, 1.82) is 0 Å². The van der Waals surface area contributed by atoms with Crippen LogP contribution in [0.15, 0.2) is 16.6 Å². The Kier molecular flexibility index (Phi) is 5.72. The van der Waals surface area contributed by atoms with Gasteiger partial charge in [0.15, 0.2) is 0 Å². The summed E-state index contributed by atoms with van der Waals surface area (Å²) < 4.78 is 5.19. The van der Waals surface area contributed by atoms with Gasteiger partial charge in [0.2, 0.25) is 11.8 Å². The topological polar surface area (TPSA) is 95.9 Å². The number of phenolic OH excluding ortho intramolecular Hbond substituents is 1. The molecule has 1 aromatic rings. The Balaban J connectivity index is 2.07. The third-order valence-electron chi connectivity index (χ3n) is 4.19. The van der Waals surface area contributed by atoms with Gasteiger partial charge in [0, 0.05) is 17.4 Å². The highest BCUT2D eigenvalue weighted by Gasteiger charge is 2.46. The molecule has 0 saturated carbocycles. The van der Waals surface area contributed by atoms with Crippen LogP contribution in [-0.4, -0.2) is 43.1 Å². The van der Waals surface area contributed by atoms with Crippen molar-refractivity contribution >= 4 is 39.4 Å². The zero-order chi connectivity index (χ0) is 18.8. The number of halogens is 1. The number of nitrogens with zero attached hydrogens (tertiary/aromatic N) is 1. The number of anilines is 1. The van der Waals surface area contributed by atoms with E-state index in [0.29, 0.717) is 28.7 Å². The summed E-state index contributed by atoms with van der Waals surface area (Å²) in [6.07, 6.45) is 0.663. The summed E-state index contributed by atoms with van der Waals surface area (Å²) in [4.78, 5) is 37.2. The van der Waals surface area contributed by atoms with E-state index in [9.17, 15) is 19.5 Å². The second-order valence-electron chi connectivity index (χ2n) is 6.37. The number of rotatable bonds is 6. The molecule has 7 nitrogen and oxygen atoms in total. The van der Waals surface area contributed by atoms with Gasteiger partial charge in [0.25, 0.3) is 0 Å². The normalized spacial score (nSPS) is 15.0. The molecule has 8 heteroatoms. The number of ether oxygens (including phenoxy) is 1. The van der Waals surface area contributed by atoms with Gasteiger partial charge in [-0.2, -0.15) is 0 Å². The van der Waals surface area contributed by atoms with E-state index in [2.05, 4.69) is 26.0 Å². The quantitative estimate of drug-likeness (QED) is 0.548. The van der Waals surface area contributed by atoms with Gasteiger partial charge in [-0.3, -0.25) is 19.3 Å². The third-order valence-corrected chi connectivity index (χ3v) is 4.64. The maximum Gasteiger partial charge on any atom is 0.305 e. The van der Waals surface area contributed by atoms with Crippen LogP contribution in [0.1, 0.15) is 32.3 Å². The molecule has 0 unspecified atom stereocenters. The summed E-state index contributed by atoms with van der Waals surface area (Å²) in [5.74, 6) is -0.998. The number of fused-ring (bicyclic) bond motifs is 1.